The summed E-state index contributed by atoms with van der Waals surface area (Å²) in [5.74, 6) is -1.46. The van der Waals surface area contributed by atoms with E-state index in [1.165, 1.54) is 18.2 Å². The molecule has 2 aromatic rings. The Morgan fingerprint density at radius 2 is 1.86 bits per heavy atom. The van der Waals surface area contributed by atoms with Crippen molar-refractivity contribution in [1.29, 1.82) is 5.26 Å². The fourth-order valence-electron chi connectivity index (χ4n) is 2.16. The molecule has 0 radical (unpaired) electrons. The van der Waals surface area contributed by atoms with Gasteiger partial charge in [-0.05, 0) is 30.7 Å². The van der Waals surface area contributed by atoms with Crippen molar-refractivity contribution >= 4 is 29.2 Å². The van der Waals surface area contributed by atoms with Crippen LogP contribution < -0.4 is 9.47 Å². The molecule has 0 bridgehead atoms. The Morgan fingerprint density at radius 3 is 2.32 bits per heavy atom. The minimum atomic E-state index is -4.63. The summed E-state index contributed by atoms with van der Waals surface area (Å²) < 4.78 is 49.2. The first-order valence-corrected chi connectivity index (χ1v) is 8.50. The molecule has 10 heteroatoms. The van der Waals surface area contributed by atoms with Crippen molar-refractivity contribution < 1.29 is 32.5 Å². The van der Waals surface area contributed by atoms with Crippen molar-refractivity contribution in [3.8, 4) is 23.3 Å². The summed E-state index contributed by atoms with van der Waals surface area (Å²) in [6.07, 6.45) is -5.68. The van der Waals surface area contributed by atoms with E-state index in [1.54, 1.807) is 6.92 Å². The number of hydrogen-bond donors (Lipinski definition) is 1. The maximum absolute atomic E-state index is 12.8. The zero-order chi connectivity index (χ0) is 21.1. The van der Waals surface area contributed by atoms with Crippen LogP contribution in [0.2, 0.25) is 10.0 Å². The standard InChI is InChI=1S/C18H12Cl2F3NO4/c1-2-14(17(25)26)28-15-7-11(4-3-9(15)8-24)27-16-12(19)5-10(6-13(16)20)18(21,22)23/h3-7,14H,2H2,1H3,(H,25,26). The van der Waals surface area contributed by atoms with Crippen LogP contribution >= 0.6 is 23.2 Å². The molecule has 0 fully saturated rings. The topological polar surface area (TPSA) is 79.5 Å². The highest BCUT2D eigenvalue weighted by Crippen LogP contribution is 2.42. The van der Waals surface area contributed by atoms with Gasteiger partial charge in [-0.2, -0.15) is 18.4 Å². The van der Waals surface area contributed by atoms with E-state index in [2.05, 4.69) is 0 Å². The Morgan fingerprint density at radius 1 is 1.25 bits per heavy atom. The summed E-state index contributed by atoms with van der Waals surface area (Å²) in [6, 6.07) is 7.07. The lowest BCUT2D eigenvalue weighted by Gasteiger charge is -2.16. The molecule has 0 aliphatic rings. The third kappa shape index (κ3) is 5.00. The first kappa shape index (κ1) is 21.7. The highest BCUT2D eigenvalue weighted by Gasteiger charge is 2.32. The smallest absolute Gasteiger partial charge is 0.416 e. The molecule has 2 rings (SSSR count). The van der Waals surface area contributed by atoms with Crippen molar-refractivity contribution in [2.45, 2.75) is 25.6 Å². The summed E-state index contributed by atoms with van der Waals surface area (Å²) in [7, 11) is 0. The number of carboxylic acids is 1. The lowest BCUT2D eigenvalue weighted by Crippen LogP contribution is -2.26. The molecule has 0 aromatic heterocycles. The second-order valence-electron chi connectivity index (χ2n) is 5.49. The Hall–Kier alpha value is -2.63. The molecule has 1 atom stereocenters. The molecule has 0 saturated heterocycles. The Kier molecular flexibility index (Phi) is 6.65. The lowest BCUT2D eigenvalue weighted by molar-refractivity contribution is -0.145. The summed E-state index contributed by atoms with van der Waals surface area (Å²) >= 11 is 11.7. The molecule has 0 amide bonds. The molecular formula is C18H12Cl2F3NO4. The molecule has 28 heavy (non-hydrogen) atoms. The monoisotopic (exact) mass is 433 g/mol. The van der Waals surface area contributed by atoms with Crippen molar-refractivity contribution in [2.75, 3.05) is 0 Å². The van der Waals surface area contributed by atoms with Crippen LogP contribution in [0.15, 0.2) is 30.3 Å². The van der Waals surface area contributed by atoms with Crippen LogP contribution in [0.3, 0.4) is 0 Å². The second-order valence-corrected chi connectivity index (χ2v) is 6.31. The Labute approximate surface area is 167 Å². The average molecular weight is 434 g/mol. The zero-order valence-electron chi connectivity index (χ0n) is 14.2. The predicted molar refractivity (Wildman–Crippen MR) is 95.0 cm³/mol. The van der Waals surface area contributed by atoms with E-state index >= 15 is 0 Å². The van der Waals surface area contributed by atoms with Crippen LogP contribution in [-0.2, 0) is 11.0 Å². The number of nitrogens with zero attached hydrogens (tertiary/aromatic N) is 1. The molecule has 1 unspecified atom stereocenters. The van der Waals surface area contributed by atoms with Gasteiger partial charge in [-0.15, -0.1) is 0 Å². The van der Waals surface area contributed by atoms with Gasteiger partial charge in [-0.25, -0.2) is 4.79 Å². The number of aliphatic carboxylic acids is 1. The van der Waals surface area contributed by atoms with Gasteiger partial charge in [0.25, 0.3) is 0 Å². The summed E-state index contributed by atoms with van der Waals surface area (Å²) in [5, 5.41) is 17.5. The van der Waals surface area contributed by atoms with Gasteiger partial charge in [0.15, 0.2) is 11.9 Å². The number of nitriles is 1. The third-order valence-corrected chi connectivity index (χ3v) is 4.10. The van der Waals surface area contributed by atoms with E-state index in [0.717, 1.165) is 0 Å². The summed E-state index contributed by atoms with van der Waals surface area (Å²) in [5.41, 5.74) is -0.984. The number of halogens is 5. The van der Waals surface area contributed by atoms with Gasteiger partial charge < -0.3 is 14.6 Å². The van der Waals surface area contributed by atoms with E-state index < -0.39 is 23.8 Å². The van der Waals surface area contributed by atoms with Gasteiger partial charge in [0.05, 0.1) is 21.2 Å². The van der Waals surface area contributed by atoms with Crippen LogP contribution in [-0.4, -0.2) is 17.2 Å². The molecule has 1 N–H and O–H groups in total. The largest absolute Gasteiger partial charge is 0.479 e. The van der Waals surface area contributed by atoms with Gasteiger partial charge in [0.1, 0.15) is 17.6 Å². The molecule has 0 heterocycles. The van der Waals surface area contributed by atoms with E-state index in [4.69, 9.17) is 43.0 Å². The molecule has 0 aliphatic carbocycles. The SMILES string of the molecule is CCC(Oc1cc(Oc2c(Cl)cc(C(F)(F)F)cc2Cl)ccc1C#N)C(=O)O. The van der Waals surface area contributed by atoms with Crippen LogP contribution in [0.5, 0.6) is 17.2 Å². The molecular weight excluding hydrogens is 422 g/mol. The maximum atomic E-state index is 12.8. The van der Waals surface area contributed by atoms with Crippen LogP contribution in [0.25, 0.3) is 0 Å². The molecule has 0 saturated carbocycles. The fraction of sp³-hybridized carbons (Fsp3) is 0.222. The van der Waals surface area contributed by atoms with E-state index in [9.17, 15) is 18.0 Å². The number of rotatable bonds is 6. The number of hydrogen-bond acceptors (Lipinski definition) is 4. The van der Waals surface area contributed by atoms with Crippen molar-refractivity contribution in [3.63, 3.8) is 0 Å². The normalized spacial score (nSPS) is 12.2. The quantitative estimate of drug-likeness (QED) is 0.611. The second kappa shape index (κ2) is 8.59. The number of alkyl halides is 3. The number of carboxylic acid groups (broad SMARTS) is 1. The van der Waals surface area contributed by atoms with Crippen LogP contribution in [0.4, 0.5) is 13.2 Å². The van der Waals surface area contributed by atoms with Crippen molar-refractivity contribution in [2.24, 2.45) is 0 Å². The summed E-state index contributed by atoms with van der Waals surface area (Å²) in [4.78, 5) is 11.1. The van der Waals surface area contributed by atoms with Gasteiger partial charge >= 0.3 is 12.1 Å². The van der Waals surface area contributed by atoms with E-state index in [-0.39, 0.29) is 39.3 Å². The Bertz CT molecular complexity index is 918. The van der Waals surface area contributed by atoms with Crippen LogP contribution in [0.1, 0.15) is 24.5 Å². The first-order valence-electron chi connectivity index (χ1n) is 7.74. The minimum Gasteiger partial charge on any atom is -0.479 e. The minimum absolute atomic E-state index is 0.0396. The first-order chi connectivity index (χ1) is 13.1. The zero-order valence-corrected chi connectivity index (χ0v) is 15.7. The average Bonchev–Trinajstić information content (AvgIpc) is 2.61. The number of benzene rings is 2. The van der Waals surface area contributed by atoms with Gasteiger partial charge in [-0.1, -0.05) is 30.1 Å². The highest BCUT2D eigenvalue weighted by atomic mass is 35.5. The van der Waals surface area contributed by atoms with Gasteiger partial charge in [-0.3, -0.25) is 0 Å². The van der Waals surface area contributed by atoms with Crippen molar-refractivity contribution in [3.05, 3.63) is 51.5 Å². The highest BCUT2D eigenvalue weighted by molar-refractivity contribution is 6.37. The number of ether oxygens (including phenoxy) is 2. The number of carbonyl (C=O) groups is 1. The van der Waals surface area contributed by atoms with E-state index in [1.807, 2.05) is 6.07 Å². The predicted octanol–water partition coefficient (Wildman–Crippen LogP) is 5.92. The molecule has 5 nitrogen and oxygen atoms in total. The maximum Gasteiger partial charge on any atom is 0.416 e. The van der Waals surface area contributed by atoms with Crippen molar-refractivity contribution in [1.82, 2.24) is 0 Å². The van der Waals surface area contributed by atoms with Gasteiger partial charge in [0.2, 0.25) is 0 Å². The lowest BCUT2D eigenvalue weighted by atomic mass is 10.2. The van der Waals surface area contributed by atoms with Gasteiger partial charge in [0, 0.05) is 6.07 Å². The molecule has 148 valence electrons. The molecule has 0 spiro atoms. The fourth-order valence-corrected chi connectivity index (χ4v) is 2.72. The van der Waals surface area contributed by atoms with E-state index in [0.29, 0.717) is 12.1 Å². The summed E-state index contributed by atoms with van der Waals surface area (Å²) in [6.45, 7) is 1.59. The Balaban J connectivity index is 2.39. The van der Waals surface area contributed by atoms with Crippen LogP contribution in [0, 0.1) is 11.3 Å². The molecule has 0 aliphatic heterocycles. The third-order valence-electron chi connectivity index (χ3n) is 3.53. The molecule has 2 aromatic carbocycles.